The van der Waals surface area contributed by atoms with Crippen LogP contribution in [0.15, 0.2) is 127 Å². The van der Waals surface area contributed by atoms with Gasteiger partial charge in [0.05, 0.1) is 49.8 Å². The number of nitriles is 1. The van der Waals surface area contributed by atoms with Gasteiger partial charge >= 0.3 is 0 Å². The molecule has 0 aliphatic rings. The molecule has 0 bridgehead atoms. The fraction of sp³-hybridized carbons (Fsp3) is 0. The van der Waals surface area contributed by atoms with Crippen molar-refractivity contribution in [1.82, 2.24) is 9.13 Å². The van der Waals surface area contributed by atoms with Gasteiger partial charge < -0.3 is 9.13 Å². The molecule has 41 heavy (non-hydrogen) atoms. The van der Waals surface area contributed by atoms with Gasteiger partial charge in [0.25, 0.3) is 0 Å². The topological polar surface area (TPSA) is 33.6 Å². The lowest BCUT2D eigenvalue weighted by Crippen LogP contribution is -1.95. The van der Waals surface area contributed by atoms with Crippen molar-refractivity contribution in [2.24, 2.45) is 0 Å². The molecule has 0 saturated carbocycles. The van der Waals surface area contributed by atoms with Crippen LogP contribution in [-0.4, -0.2) is 9.13 Å². The van der Waals surface area contributed by atoms with Crippen LogP contribution >= 0.6 is 11.3 Å². The Morgan fingerprint density at radius 3 is 1.73 bits per heavy atom. The summed E-state index contributed by atoms with van der Waals surface area (Å²) in [7, 11) is 0. The lowest BCUT2D eigenvalue weighted by Gasteiger charge is -2.11. The molecule has 3 heterocycles. The number of thiophene rings is 1. The van der Waals surface area contributed by atoms with E-state index in [9.17, 15) is 5.26 Å². The Hall–Kier alpha value is -5.37. The highest BCUT2D eigenvalue weighted by Crippen LogP contribution is 2.44. The van der Waals surface area contributed by atoms with Gasteiger partial charge in [0, 0.05) is 37.0 Å². The molecule has 0 aliphatic heterocycles. The van der Waals surface area contributed by atoms with E-state index in [0.717, 1.165) is 27.5 Å². The van der Waals surface area contributed by atoms with Crippen molar-refractivity contribution in [3.63, 3.8) is 0 Å². The second-order valence-corrected chi connectivity index (χ2v) is 11.5. The summed E-state index contributed by atoms with van der Waals surface area (Å²) >= 11 is 1.85. The first kappa shape index (κ1) is 22.4. The second-order valence-electron chi connectivity index (χ2n) is 10.4. The molecular formula is C37H21N3S. The van der Waals surface area contributed by atoms with Crippen molar-refractivity contribution in [3.8, 4) is 17.4 Å². The van der Waals surface area contributed by atoms with Crippen LogP contribution in [0.2, 0.25) is 0 Å². The fourth-order valence-corrected chi connectivity index (χ4v) is 7.96. The van der Waals surface area contributed by atoms with Crippen LogP contribution in [0.5, 0.6) is 0 Å². The first-order valence-electron chi connectivity index (χ1n) is 13.7. The average molecular weight is 540 g/mol. The van der Waals surface area contributed by atoms with E-state index in [1.165, 1.54) is 47.7 Å². The van der Waals surface area contributed by atoms with Crippen LogP contribution in [0.25, 0.3) is 75.2 Å². The highest BCUT2D eigenvalue weighted by atomic mass is 32.1. The van der Waals surface area contributed by atoms with Crippen molar-refractivity contribution in [2.45, 2.75) is 0 Å². The first-order chi connectivity index (χ1) is 20.3. The second kappa shape index (κ2) is 8.32. The largest absolute Gasteiger partial charge is 0.309 e. The van der Waals surface area contributed by atoms with Crippen LogP contribution < -0.4 is 0 Å². The third kappa shape index (κ3) is 2.96. The molecule has 0 unspecified atom stereocenters. The molecular weight excluding hydrogens is 518 g/mol. The van der Waals surface area contributed by atoms with Crippen molar-refractivity contribution >= 4 is 75.1 Å². The van der Waals surface area contributed by atoms with E-state index < -0.39 is 0 Å². The maximum atomic E-state index is 9.97. The monoisotopic (exact) mass is 539 g/mol. The molecule has 3 nitrogen and oxygen atoms in total. The summed E-state index contributed by atoms with van der Waals surface area (Å²) in [6.45, 7) is 0. The van der Waals surface area contributed by atoms with E-state index in [4.69, 9.17) is 0 Å². The minimum Gasteiger partial charge on any atom is -0.309 e. The normalized spacial score (nSPS) is 11.9. The molecule has 0 aliphatic carbocycles. The Kier molecular flexibility index (Phi) is 4.55. The first-order valence-corrected chi connectivity index (χ1v) is 14.5. The average Bonchev–Trinajstić information content (AvgIpc) is 3.69. The van der Waals surface area contributed by atoms with Crippen molar-refractivity contribution in [1.29, 1.82) is 5.26 Å². The van der Waals surface area contributed by atoms with E-state index in [0.29, 0.717) is 5.56 Å². The summed E-state index contributed by atoms with van der Waals surface area (Å²) in [5.41, 5.74) is 7.62. The summed E-state index contributed by atoms with van der Waals surface area (Å²) in [6, 6.07) is 47.5. The highest BCUT2D eigenvalue weighted by Gasteiger charge is 2.20. The van der Waals surface area contributed by atoms with Crippen LogP contribution in [0.4, 0.5) is 0 Å². The van der Waals surface area contributed by atoms with E-state index in [2.05, 4.69) is 130 Å². The summed E-state index contributed by atoms with van der Waals surface area (Å²) in [5.74, 6) is 0. The van der Waals surface area contributed by atoms with Gasteiger partial charge in [-0.3, -0.25) is 0 Å². The Morgan fingerprint density at radius 2 is 1.00 bits per heavy atom. The zero-order chi connectivity index (χ0) is 27.1. The number of hydrogen-bond donors (Lipinski definition) is 0. The zero-order valence-corrected chi connectivity index (χ0v) is 22.7. The highest BCUT2D eigenvalue weighted by molar-refractivity contribution is 7.26. The summed E-state index contributed by atoms with van der Waals surface area (Å²) < 4.78 is 7.27. The molecule has 0 spiro atoms. The molecule has 6 aromatic carbocycles. The summed E-state index contributed by atoms with van der Waals surface area (Å²) in [6.07, 6.45) is 0. The number of nitrogens with zero attached hydrogens (tertiary/aromatic N) is 3. The molecule has 190 valence electrons. The van der Waals surface area contributed by atoms with Crippen LogP contribution in [0.3, 0.4) is 0 Å². The lowest BCUT2D eigenvalue weighted by atomic mass is 10.1. The molecule has 0 saturated heterocycles. The van der Waals surface area contributed by atoms with Gasteiger partial charge in [0.15, 0.2) is 0 Å². The van der Waals surface area contributed by atoms with Gasteiger partial charge in [-0.2, -0.15) is 5.26 Å². The fourth-order valence-electron chi connectivity index (χ4n) is 6.73. The quantitative estimate of drug-likeness (QED) is 0.215. The number of rotatable bonds is 2. The molecule has 9 aromatic rings. The Morgan fingerprint density at radius 1 is 0.463 bits per heavy atom. The minimum absolute atomic E-state index is 0.702. The SMILES string of the molecule is N#Cc1cccc2c1c1ccccc1n2-c1cccc2sc3c(-n4c5ccccc5c5ccccc54)cccc3c12. The Labute approximate surface area is 239 Å². The number of hydrogen-bond acceptors (Lipinski definition) is 2. The third-order valence-corrected chi connectivity index (χ3v) is 9.55. The Balaban J connectivity index is 1.42. The number of aromatic nitrogens is 2. The standard InChI is InChI=1S/C37H21N3S/c38-22-23-10-7-18-31-35(23)26-13-3-6-17-30(26)40(31)32-19-9-21-34-36(32)27-14-8-20-33(37(27)41-34)39-28-15-4-1-11-24(28)25-12-2-5-16-29(25)39/h1-21H. The number of para-hydroxylation sites is 3. The number of benzene rings is 6. The van der Waals surface area contributed by atoms with Crippen molar-refractivity contribution < 1.29 is 0 Å². The van der Waals surface area contributed by atoms with E-state index in [1.807, 2.05) is 23.5 Å². The number of fused-ring (bicyclic) bond motifs is 9. The molecule has 9 rings (SSSR count). The Bertz CT molecular complexity index is 2500. The lowest BCUT2D eigenvalue weighted by molar-refractivity contribution is 1.20. The summed E-state index contributed by atoms with van der Waals surface area (Å²) in [4.78, 5) is 0. The molecule has 0 amide bonds. The van der Waals surface area contributed by atoms with Gasteiger partial charge in [0.1, 0.15) is 0 Å². The van der Waals surface area contributed by atoms with Crippen LogP contribution in [0, 0.1) is 11.3 Å². The van der Waals surface area contributed by atoms with Crippen LogP contribution in [-0.2, 0) is 0 Å². The van der Waals surface area contributed by atoms with Gasteiger partial charge in [-0.05, 0) is 48.5 Å². The van der Waals surface area contributed by atoms with Gasteiger partial charge in [0.2, 0.25) is 0 Å². The molecule has 3 aromatic heterocycles. The minimum atomic E-state index is 0.702. The van der Waals surface area contributed by atoms with Crippen molar-refractivity contribution in [2.75, 3.05) is 0 Å². The molecule has 0 radical (unpaired) electrons. The predicted octanol–water partition coefficient (Wildman–Crippen LogP) is 10.1. The van der Waals surface area contributed by atoms with E-state index in [1.54, 1.807) is 0 Å². The molecule has 0 fully saturated rings. The third-order valence-electron chi connectivity index (χ3n) is 8.36. The van der Waals surface area contributed by atoms with Gasteiger partial charge in [-0.15, -0.1) is 11.3 Å². The summed E-state index contributed by atoms with van der Waals surface area (Å²) in [5, 5.41) is 17.1. The molecule has 4 heteroatoms. The van der Waals surface area contributed by atoms with E-state index >= 15 is 0 Å². The molecule has 0 atom stereocenters. The van der Waals surface area contributed by atoms with E-state index in [-0.39, 0.29) is 0 Å². The molecule has 0 N–H and O–H groups in total. The maximum Gasteiger partial charge on any atom is 0.0998 e. The smallest absolute Gasteiger partial charge is 0.0998 e. The van der Waals surface area contributed by atoms with Gasteiger partial charge in [-0.25, -0.2) is 0 Å². The predicted molar refractivity (Wildman–Crippen MR) is 173 cm³/mol. The zero-order valence-electron chi connectivity index (χ0n) is 21.9. The van der Waals surface area contributed by atoms with Crippen molar-refractivity contribution in [3.05, 3.63) is 133 Å². The van der Waals surface area contributed by atoms with Gasteiger partial charge in [-0.1, -0.05) is 78.9 Å². The van der Waals surface area contributed by atoms with Crippen LogP contribution in [0.1, 0.15) is 5.56 Å². The maximum absolute atomic E-state index is 9.97.